The van der Waals surface area contributed by atoms with Crippen LogP contribution < -0.4 is 4.90 Å². The second-order valence-corrected chi connectivity index (χ2v) is 7.92. The van der Waals surface area contributed by atoms with E-state index in [9.17, 15) is 4.79 Å². The molecule has 0 aromatic heterocycles. The Hall–Kier alpha value is -2.98. The van der Waals surface area contributed by atoms with Crippen LogP contribution in [0.1, 0.15) is 31.2 Å². The third kappa shape index (κ3) is 3.56. The molecule has 0 spiro atoms. The molecule has 3 aromatic rings. The molecule has 0 radical (unpaired) electrons. The monoisotopic (exact) mass is 383 g/mol. The van der Waals surface area contributed by atoms with Crippen molar-refractivity contribution in [2.75, 3.05) is 24.7 Å². The SMILES string of the molecule is O=C1C(=Nc2ccc3ccccc3c2)c2ccccc2N1CN1CCCCCC1. The fourth-order valence-corrected chi connectivity index (χ4v) is 4.36. The van der Waals surface area contributed by atoms with E-state index in [1.165, 1.54) is 31.1 Å². The van der Waals surface area contributed by atoms with Gasteiger partial charge in [0.15, 0.2) is 0 Å². The van der Waals surface area contributed by atoms with Crippen LogP contribution in [0.4, 0.5) is 11.4 Å². The van der Waals surface area contributed by atoms with Crippen LogP contribution in [-0.4, -0.2) is 36.3 Å². The number of hydrogen-bond acceptors (Lipinski definition) is 3. The standard InChI is InChI=1S/C25H25N3O/c29-25-24(26-21-14-13-19-9-3-4-10-20(19)17-21)22-11-5-6-12-23(22)28(25)18-27-15-7-1-2-8-16-27/h3-6,9-14,17H,1-2,7-8,15-16,18H2. The molecule has 1 fully saturated rings. The number of aliphatic imine (C=N–C) groups is 1. The summed E-state index contributed by atoms with van der Waals surface area (Å²) in [7, 11) is 0. The van der Waals surface area contributed by atoms with Crippen LogP contribution in [0.2, 0.25) is 0 Å². The molecule has 4 heteroatoms. The fourth-order valence-electron chi connectivity index (χ4n) is 4.36. The summed E-state index contributed by atoms with van der Waals surface area (Å²) >= 11 is 0. The van der Waals surface area contributed by atoms with Crippen LogP contribution in [0.15, 0.2) is 71.7 Å². The topological polar surface area (TPSA) is 35.9 Å². The number of fused-ring (bicyclic) bond motifs is 2. The molecule has 29 heavy (non-hydrogen) atoms. The van der Waals surface area contributed by atoms with Crippen LogP contribution in [0, 0.1) is 0 Å². The molecular formula is C25H25N3O. The van der Waals surface area contributed by atoms with E-state index in [-0.39, 0.29) is 5.91 Å². The molecule has 1 saturated heterocycles. The summed E-state index contributed by atoms with van der Waals surface area (Å²) in [4.78, 5) is 22.5. The van der Waals surface area contributed by atoms with Crippen molar-refractivity contribution in [3.8, 4) is 0 Å². The molecule has 146 valence electrons. The van der Waals surface area contributed by atoms with Crippen LogP contribution in [0.5, 0.6) is 0 Å². The predicted molar refractivity (Wildman–Crippen MR) is 119 cm³/mol. The Morgan fingerprint density at radius 3 is 2.34 bits per heavy atom. The lowest BCUT2D eigenvalue weighted by Gasteiger charge is -2.26. The zero-order chi connectivity index (χ0) is 19.6. The molecule has 1 amide bonds. The number of carbonyl (C=O) groups excluding carboxylic acids is 1. The molecule has 3 aromatic carbocycles. The number of hydrogen-bond donors (Lipinski definition) is 0. The van der Waals surface area contributed by atoms with Gasteiger partial charge in [-0.25, -0.2) is 4.99 Å². The van der Waals surface area contributed by atoms with Crippen LogP contribution >= 0.6 is 0 Å². The van der Waals surface area contributed by atoms with Gasteiger partial charge in [0.1, 0.15) is 5.71 Å². The van der Waals surface area contributed by atoms with Gasteiger partial charge >= 0.3 is 0 Å². The van der Waals surface area contributed by atoms with Gasteiger partial charge < -0.3 is 0 Å². The summed E-state index contributed by atoms with van der Waals surface area (Å²) < 4.78 is 0. The van der Waals surface area contributed by atoms with Crippen molar-refractivity contribution < 1.29 is 4.79 Å². The third-order valence-corrected chi connectivity index (χ3v) is 5.91. The highest BCUT2D eigenvalue weighted by molar-refractivity contribution is 6.54. The smallest absolute Gasteiger partial charge is 0.278 e. The van der Waals surface area contributed by atoms with E-state index in [0.29, 0.717) is 12.4 Å². The largest absolute Gasteiger partial charge is 0.293 e. The molecule has 0 saturated carbocycles. The van der Waals surface area contributed by atoms with Gasteiger partial charge in [-0.05, 0) is 54.9 Å². The molecule has 2 heterocycles. The predicted octanol–water partition coefficient (Wildman–Crippen LogP) is 5.14. The Morgan fingerprint density at radius 2 is 1.52 bits per heavy atom. The number of likely N-dealkylation sites (tertiary alicyclic amines) is 1. The number of anilines is 1. The normalized spacial score (nSPS) is 19.0. The molecule has 0 bridgehead atoms. The van der Waals surface area contributed by atoms with Crippen LogP contribution in [-0.2, 0) is 4.79 Å². The minimum absolute atomic E-state index is 0.00334. The summed E-state index contributed by atoms with van der Waals surface area (Å²) in [5.74, 6) is 0.00334. The maximum absolute atomic E-state index is 13.4. The van der Waals surface area contributed by atoms with Crippen LogP contribution in [0.25, 0.3) is 10.8 Å². The van der Waals surface area contributed by atoms with Crippen molar-refractivity contribution in [2.45, 2.75) is 25.7 Å². The first-order valence-corrected chi connectivity index (χ1v) is 10.5. The van der Waals surface area contributed by atoms with Gasteiger partial charge in [0.25, 0.3) is 5.91 Å². The number of amides is 1. The lowest BCUT2D eigenvalue weighted by atomic mass is 10.1. The number of benzene rings is 3. The first-order chi connectivity index (χ1) is 14.3. The average molecular weight is 383 g/mol. The number of rotatable bonds is 3. The minimum atomic E-state index is 0.00334. The third-order valence-electron chi connectivity index (χ3n) is 5.91. The van der Waals surface area contributed by atoms with E-state index >= 15 is 0 Å². The number of para-hydroxylation sites is 1. The Labute approximate surface area is 171 Å². The zero-order valence-corrected chi connectivity index (χ0v) is 16.6. The summed E-state index contributed by atoms with van der Waals surface area (Å²) in [6.07, 6.45) is 4.99. The van der Waals surface area contributed by atoms with Gasteiger partial charge in [-0.3, -0.25) is 14.6 Å². The summed E-state index contributed by atoms with van der Waals surface area (Å²) in [6, 6.07) is 22.4. The van der Waals surface area contributed by atoms with Crippen molar-refractivity contribution in [1.82, 2.24) is 4.90 Å². The van der Waals surface area contributed by atoms with Gasteiger partial charge in [0, 0.05) is 5.56 Å². The van der Waals surface area contributed by atoms with Crippen molar-refractivity contribution in [2.24, 2.45) is 4.99 Å². The molecule has 0 N–H and O–H groups in total. The molecule has 2 aliphatic rings. The van der Waals surface area contributed by atoms with Crippen molar-refractivity contribution in [1.29, 1.82) is 0 Å². The Kier molecular flexibility index (Phi) is 4.86. The van der Waals surface area contributed by atoms with Gasteiger partial charge in [0.05, 0.1) is 18.0 Å². The second kappa shape index (κ2) is 7.80. The van der Waals surface area contributed by atoms with Gasteiger partial charge in [-0.1, -0.05) is 61.4 Å². The van der Waals surface area contributed by atoms with E-state index < -0.39 is 0 Å². The van der Waals surface area contributed by atoms with Gasteiger partial charge in [-0.15, -0.1) is 0 Å². The van der Waals surface area contributed by atoms with Crippen molar-refractivity contribution in [3.63, 3.8) is 0 Å². The lowest BCUT2D eigenvalue weighted by molar-refractivity contribution is -0.112. The van der Waals surface area contributed by atoms with Gasteiger partial charge in [0.2, 0.25) is 0 Å². The molecule has 2 aliphatic heterocycles. The minimum Gasteiger partial charge on any atom is -0.293 e. The maximum atomic E-state index is 13.4. The van der Waals surface area contributed by atoms with Crippen molar-refractivity contribution in [3.05, 3.63) is 72.3 Å². The second-order valence-electron chi connectivity index (χ2n) is 7.92. The van der Waals surface area contributed by atoms with E-state index in [4.69, 9.17) is 4.99 Å². The lowest BCUT2D eigenvalue weighted by Crippen LogP contribution is -2.41. The first-order valence-electron chi connectivity index (χ1n) is 10.5. The number of nitrogens with zero attached hydrogens (tertiary/aromatic N) is 3. The molecule has 0 atom stereocenters. The summed E-state index contributed by atoms with van der Waals surface area (Å²) in [5, 5.41) is 2.31. The van der Waals surface area contributed by atoms with E-state index in [1.54, 1.807) is 0 Å². The Bertz CT molecular complexity index is 1080. The van der Waals surface area contributed by atoms with Crippen molar-refractivity contribution >= 4 is 33.8 Å². The molecular weight excluding hydrogens is 358 g/mol. The number of carbonyl (C=O) groups is 1. The first kappa shape index (κ1) is 18.1. The summed E-state index contributed by atoms with van der Waals surface area (Å²) in [6.45, 7) is 2.76. The highest BCUT2D eigenvalue weighted by atomic mass is 16.2. The average Bonchev–Trinajstić information content (AvgIpc) is 2.93. The molecule has 0 unspecified atom stereocenters. The Balaban J connectivity index is 1.49. The fraction of sp³-hybridized carbons (Fsp3) is 0.280. The van der Waals surface area contributed by atoms with E-state index in [2.05, 4.69) is 29.2 Å². The van der Waals surface area contributed by atoms with Gasteiger partial charge in [-0.2, -0.15) is 0 Å². The molecule has 5 rings (SSSR count). The molecule has 0 aliphatic carbocycles. The maximum Gasteiger partial charge on any atom is 0.278 e. The quantitative estimate of drug-likeness (QED) is 0.628. The highest BCUT2D eigenvalue weighted by Gasteiger charge is 2.34. The van der Waals surface area contributed by atoms with Crippen LogP contribution in [0.3, 0.4) is 0 Å². The summed E-state index contributed by atoms with van der Waals surface area (Å²) in [5.41, 5.74) is 3.27. The highest BCUT2D eigenvalue weighted by Crippen LogP contribution is 2.32. The van der Waals surface area contributed by atoms with E-state index in [1.807, 2.05) is 47.4 Å². The molecule has 4 nitrogen and oxygen atoms in total. The zero-order valence-electron chi connectivity index (χ0n) is 16.6. The van der Waals surface area contributed by atoms with E-state index in [0.717, 1.165) is 35.4 Å². The Morgan fingerprint density at radius 1 is 0.793 bits per heavy atom.